The molecule has 1 fully saturated rings. The zero-order valence-corrected chi connectivity index (χ0v) is 12.0. The molecule has 1 saturated carbocycles. The molecule has 0 aromatic carbocycles. The molecule has 1 amide bonds. The molecule has 0 unspecified atom stereocenters. The average molecular weight is 261 g/mol. The maximum absolute atomic E-state index is 11.5. The third kappa shape index (κ3) is 2.28. The Morgan fingerprint density at radius 1 is 1.26 bits per heavy atom. The van der Waals surface area contributed by atoms with E-state index >= 15 is 0 Å². The number of amides is 1. The van der Waals surface area contributed by atoms with Gasteiger partial charge in [-0.2, -0.15) is 5.10 Å². The number of rotatable bonds is 1. The molecule has 0 radical (unpaired) electrons. The van der Waals surface area contributed by atoms with Crippen molar-refractivity contribution in [3.63, 3.8) is 0 Å². The molecule has 1 aliphatic heterocycles. The number of aromatic nitrogens is 2. The van der Waals surface area contributed by atoms with Gasteiger partial charge in [0.1, 0.15) is 0 Å². The van der Waals surface area contributed by atoms with Gasteiger partial charge in [-0.05, 0) is 19.8 Å². The molecule has 4 heteroatoms. The van der Waals surface area contributed by atoms with Crippen molar-refractivity contribution in [3.8, 4) is 0 Å². The first-order valence-corrected chi connectivity index (χ1v) is 7.49. The Bertz CT molecular complexity index is 486. The van der Waals surface area contributed by atoms with Crippen LogP contribution in [0.25, 0.3) is 0 Å². The van der Waals surface area contributed by atoms with Gasteiger partial charge in [-0.1, -0.05) is 19.3 Å². The standard InChI is InChI=1S/C15H23N3O/c1-11-14-10-17(12(2)19)9-8-15(14)18(16-11)13-6-4-3-5-7-13/h13H,3-10H2,1-2H3. The summed E-state index contributed by atoms with van der Waals surface area (Å²) in [5, 5.41) is 4.79. The van der Waals surface area contributed by atoms with Crippen molar-refractivity contribution in [1.82, 2.24) is 14.7 Å². The fourth-order valence-corrected chi connectivity index (χ4v) is 3.51. The first kappa shape index (κ1) is 12.7. The number of hydrogen-bond acceptors (Lipinski definition) is 2. The van der Waals surface area contributed by atoms with Crippen LogP contribution >= 0.6 is 0 Å². The Hall–Kier alpha value is -1.32. The number of fused-ring (bicyclic) bond motifs is 1. The maximum atomic E-state index is 11.5. The highest BCUT2D eigenvalue weighted by Gasteiger charge is 2.27. The summed E-state index contributed by atoms with van der Waals surface area (Å²) in [7, 11) is 0. The van der Waals surface area contributed by atoms with Gasteiger partial charge in [-0.25, -0.2) is 0 Å². The van der Waals surface area contributed by atoms with Crippen molar-refractivity contribution in [1.29, 1.82) is 0 Å². The van der Waals surface area contributed by atoms with Crippen molar-refractivity contribution >= 4 is 5.91 Å². The number of carbonyl (C=O) groups is 1. The van der Waals surface area contributed by atoms with E-state index in [0.717, 1.165) is 25.2 Å². The fourth-order valence-electron chi connectivity index (χ4n) is 3.51. The van der Waals surface area contributed by atoms with Crippen LogP contribution in [0, 0.1) is 6.92 Å². The molecular weight excluding hydrogens is 238 g/mol. The molecule has 4 nitrogen and oxygen atoms in total. The Labute approximate surface area is 114 Å². The molecule has 2 heterocycles. The average Bonchev–Trinajstić information content (AvgIpc) is 2.77. The van der Waals surface area contributed by atoms with E-state index < -0.39 is 0 Å². The second kappa shape index (κ2) is 4.99. The molecule has 0 saturated heterocycles. The second-order valence-electron chi connectivity index (χ2n) is 5.94. The van der Waals surface area contributed by atoms with Crippen LogP contribution in [0.2, 0.25) is 0 Å². The minimum Gasteiger partial charge on any atom is -0.338 e. The minimum atomic E-state index is 0.176. The summed E-state index contributed by atoms with van der Waals surface area (Å²) in [5.41, 5.74) is 3.81. The Morgan fingerprint density at radius 3 is 2.68 bits per heavy atom. The lowest BCUT2D eigenvalue weighted by molar-refractivity contribution is -0.129. The highest BCUT2D eigenvalue weighted by atomic mass is 16.2. The quantitative estimate of drug-likeness (QED) is 0.779. The van der Waals surface area contributed by atoms with Crippen LogP contribution in [0.5, 0.6) is 0 Å². The van der Waals surface area contributed by atoms with Gasteiger partial charge >= 0.3 is 0 Å². The molecule has 3 rings (SSSR count). The van der Waals surface area contributed by atoms with Crippen molar-refractivity contribution in [2.75, 3.05) is 6.54 Å². The van der Waals surface area contributed by atoms with Crippen LogP contribution in [-0.2, 0) is 17.8 Å². The van der Waals surface area contributed by atoms with Gasteiger partial charge in [0.15, 0.2) is 0 Å². The lowest BCUT2D eigenvalue weighted by Gasteiger charge is -2.29. The van der Waals surface area contributed by atoms with Gasteiger partial charge < -0.3 is 4.90 Å². The topological polar surface area (TPSA) is 38.1 Å². The van der Waals surface area contributed by atoms with Crippen molar-refractivity contribution in [3.05, 3.63) is 17.0 Å². The van der Waals surface area contributed by atoms with Gasteiger partial charge in [0, 0.05) is 37.7 Å². The summed E-state index contributed by atoms with van der Waals surface area (Å²) < 4.78 is 2.29. The Morgan fingerprint density at radius 2 is 2.00 bits per heavy atom. The van der Waals surface area contributed by atoms with Gasteiger partial charge in [0.05, 0.1) is 11.7 Å². The fraction of sp³-hybridized carbons (Fsp3) is 0.733. The highest BCUT2D eigenvalue weighted by molar-refractivity contribution is 5.73. The van der Waals surface area contributed by atoms with Gasteiger partial charge in [-0.15, -0.1) is 0 Å². The van der Waals surface area contributed by atoms with E-state index in [1.165, 1.54) is 43.4 Å². The summed E-state index contributed by atoms with van der Waals surface area (Å²) in [6.45, 7) is 5.34. The number of hydrogen-bond donors (Lipinski definition) is 0. The monoisotopic (exact) mass is 261 g/mol. The highest BCUT2D eigenvalue weighted by Crippen LogP contribution is 2.32. The number of aryl methyl sites for hydroxylation is 1. The van der Waals surface area contributed by atoms with Crippen LogP contribution in [0.15, 0.2) is 0 Å². The molecule has 2 aliphatic rings. The lowest BCUT2D eigenvalue weighted by Crippen LogP contribution is -2.35. The number of carbonyl (C=O) groups excluding carboxylic acids is 1. The molecule has 1 aromatic rings. The van der Waals surface area contributed by atoms with E-state index in [-0.39, 0.29) is 5.91 Å². The first-order chi connectivity index (χ1) is 9.16. The predicted molar refractivity (Wildman–Crippen MR) is 73.9 cm³/mol. The Kier molecular flexibility index (Phi) is 3.33. The third-order valence-corrected chi connectivity index (χ3v) is 4.65. The largest absolute Gasteiger partial charge is 0.338 e. The number of nitrogens with zero attached hydrogens (tertiary/aromatic N) is 3. The minimum absolute atomic E-state index is 0.176. The summed E-state index contributed by atoms with van der Waals surface area (Å²) in [6, 6.07) is 0.597. The normalized spacial score (nSPS) is 20.4. The second-order valence-corrected chi connectivity index (χ2v) is 5.94. The van der Waals surface area contributed by atoms with Crippen LogP contribution in [0.4, 0.5) is 0 Å². The van der Waals surface area contributed by atoms with Crippen LogP contribution < -0.4 is 0 Å². The summed E-state index contributed by atoms with van der Waals surface area (Å²) in [6.07, 6.45) is 7.53. The molecule has 0 bridgehead atoms. The van der Waals surface area contributed by atoms with E-state index in [2.05, 4.69) is 11.6 Å². The predicted octanol–water partition coefficient (Wildman–Crippen LogP) is 2.60. The third-order valence-electron chi connectivity index (χ3n) is 4.65. The molecule has 1 aliphatic carbocycles. The molecule has 104 valence electrons. The van der Waals surface area contributed by atoms with E-state index in [4.69, 9.17) is 5.10 Å². The van der Waals surface area contributed by atoms with Crippen molar-refractivity contribution < 1.29 is 4.79 Å². The van der Waals surface area contributed by atoms with E-state index in [9.17, 15) is 4.79 Å². The van der Waals surface area contributed by atoms with Gasteiger partial charge in [0.2, 0.25) is 5.91 Å². The van der Waals surface area contributed by atoms with Gasteiger partial charge in [-0.3, -0.25) is 9.48 Å². The maximum Gasteiger partial charge on any atom is 0.219 e. The van der Waals surface area contributed by atoms with Crippen LogP contribution in [0.1, 0.15) is 62.0 Å². The first-order valence-electron chi connectivity index (χ1n) is 7.49. The molecule has 1 aromatic heterocycles. The molecule has 0 spiro atoms. The molecular formula is C15H23N3O. The van der Waals surface area contributed by atoms with Crippen molar-refractivity contribution in [2.24, 2.45) is 0 Å². The van der Waals surface area contributed by atoms with E-state index in [0.29, 0.717) is 6.04 Å². The summed E-state index contributed by atoms with van der Waals surface area (Å²) >= 11 is 0. The van der Waals surface area contributed by atoms with E-state index in [1.807, 2.05) is 4.90 Å². The van der Waals surface area contributed by atoms with Crippen molar-refractivity contribution in [2.45, 2.75) is 65.0 Å². The zero-order chi connectivity index (χ0) is 13.4. The van der Waals surface area contributed by atoms with Gasteiger partial charge in [0.25, 0.3) is 0 Å². The summed E-state index contributed by atoms with van der Waals surface area (Å²) in [5.74, 6) is 0.176. The van der Waals surface area contributed by atoms with Crippen LogP contribution in [0.3, 0.4) is 0 Å². The molecule has 19 heavy (non-hydrogen) atoms. The molecule has 0 N–H and O–H groups in total. The van der Waals surface area contributed by atoms with Crippen LogP contribution in [-0.4, -0.2) is 27.1 Å². The van der Waals surface area contributed by atoms with E-state index in [1.54, 1.807) is 6.92 Å². The lowest BCUT2D eigenvalue weighted by atomic mass is 9.95. The molecule has 0 atom stereocenters. The summed E-state index contributed by atoms with van der Waals surface area (Å²) in [4.78, 5) is 13.5. The zero-order valence-electron chi connectivity index (χ0n) is 12.0. The SMILES string of the molecule is CC(=O)N1CCc2c(c(C)nn2C2CCCCC2)C1. The Balaban J connectivity index is 1.89. The smallest absolute Gasteiger partial charge is 0.219 e.